The highest BCUT2D eigenvalue weighted by atomic mass is 28.4. The van der Waals surface area contributed by atoms with Gasteiger partial charge in [-0.25, -0.2) is 0 Å². The van der Waals surface area contributed by atoms with Crippen LogP contribution < -0.4 is 5.73 Å². The largest absolute Gasteiger partial charge is 0.500 e. The van der Waals surface area contributed by atoms with Gasteiger partial charge in [0.05, 0.1) is 5.60 Å². The van der Waals surface area contributed by atoms with E-state index < -0.39 is 8.80 Å². The Hall–Kier alpha value is 0.0169. The monoisotopic (exact) mass is 265 g/mol. The topological polar surface area (TPSA) is 62.9 Å². The van der Waals surface area contributed by atoms with E-state index in [1.54, 1.807) is 21.3 Å². The van der Waals surface area contributed by atoms with Crippen LogP contribution in [0.4, 0.5) is 0 Å². The summed E-state index contributed by atoms with van der Waals surface area (Å²) in [6, 6.07) is 0.742. The molecule has 0 aliphatic rings. The summed E-state index contributed by atoms with van der Waals surface area (Å²) in [6.45, 7) is 5.46. The molecule has 0 bridgehead atoms. The minimum Gasteiger partial charge on any atom is -0.377 e. The van der Waals surface area contributed by atoms with Crippen molar-refractivity contribution in [1.29, 1.82) is 0 Å². The van der Waals surface area contributed by atoms with Gasteiger partial charge in [0.25, 0.3) is 0 Å². The van der Waals surface area contributed by atoms with E-state index in [1.165, 1.54) is 0 Å². The fourth-order valence-corrected chi connectivity index (χ4v) is 3.53. The molecule has 6 heteroatoms. The maximum Gasteiger partial charge on any atom is 0.500 e. The second-order valence-corrected chi connectivity index (χ2v) is 7.64. The van der Waals surface area contributed by atoms with Crippen LogP contribution in [0.3, 0.4) is 0 Å². The van der Waals surface area contributed by atoms with E-state index in [0.29, 0.717) is 13.2 Å². The summed E-state index contributed by atoms with van der Waals surface area (Å²) in [5.74, 6) is 0. The van der Waals surface area contributed by atoms with Crippen LogP contribution in [0.25, 0.3) is 0 Å². The minimum absolute atomic E-state index is 0.205. The molecule has 0 aliphatic heterocycles. The SMILES string of the molecule is CO[Si](CCC(C)(C)OCCCN)(OC)OC. The molecule has 0 atom stereocenters. The van der Waals surface area contributed by atoms with Crippen molar-refractivity contribution in [2.45, 2.75) is 38.3 Å². The molecule has 0 aromatic rings. The lowest BCUT2D eigenvalue weighted by atomic mass is 10.1. The molecule has 104 valence electrons. The predicted octanol–water partition coefficient (Wildman–Crippen LogP) is 1.40. The van der Waals surface area contributed by atoms with Gasteiger partial charge in [0.2, 0.25) is 0 Å². The van der Waals surface area contributed by atoms with Crippen molar-refractivity contribution in [1.82, 2.24) is 0 Å². The molecule has 0 spiro atoms. The van der Waals surface area contributed by atoms with Gasteiger partial charge in [-0.2, -0.15) is 0 Å². The Labute approximate surface area is 106 Å². The molecule has 0 aliphatic carbocycles. The third kappa shape index (κ3) is 6.49. The van der Waals surface area contributed by atoms with Crippen LogP contribution in [0.1, 0.15) is 26.7 Å². The second-order valence-electron chi connectivity index (χ2n) is 4.55. The van der Waals surface area contributed by atoms with Crippen molar-refractivity contribution < 1.29 is 18.0 Å². The Morgan fingerprint density at radius 1 is 1.06 bits per heavy atom. The van der Waals surface area contributed by atoms with Gasteiger partial charge < -0.3 is 23.7 Å². The molecule has 0 aromatic heterocycles. The van der Waals surface area contributed by atoms with Gasteiger partial charge in [-0.15, -0.1) is 0 Å². The zero-order valence-corrected chi connectivity index (χ0v) is 12.7. The first kappa shape index (κ1) is 17.0. The number of hydrogen-bond donors (Lipinski definition) is 1. The molecule has 2 N–H and O–H groups in total. The summed E-state index contributed by atoms with van der Waals surface area (Å²) in [5, 5.41) is 0. The Kier molecular flexibility index (Phi) is 8.19. The van der Waals surface area contributed by atoms with E-state index in [4.69, 9.17) is 23.7 Å². The second kappa shape index (κ2) is 8.18. The molecule has 0 rings (SSSR count). The van der Waals surface area contributed by atoms with Gasteiger partial charge in [-0.1, -0.05) is 0 Å². The fourth-order valence-electron chi connectivity index (χ4n) is 1.51. The van der Waals surface area contributed by atoms with Crippen LogP contribution >= 0.6 is 0 Å². The molecule has 0 heterocycles. The molecule has 5 nitrogen and oxygen atoms in total. The first-order chi connectivity index (χ1) is 7.95. The average molecular weight is 265 g/mol. The molecule has 17 heavy (non-hydrogen) atoms. The van der Waals surface area contributed by atoms with Crippen LogP contribution in [0.15, 0.2) is 0 Å². The zero-order valence-electron chi connectivity index (χ0n) is 11.7. The van der Waals surface area contributed by atoms with Gasteiger partial charge in [-0.3, -0.25) is 0 Å². The fraction of sp³-hybridized carbons (Fsp3) is 1.00. The van der Waals surface area contributed by atoms with Gasteiger partial charge in [0.15, 0.2) is 0 Å². The van der Waals surface area contributed by atoms with Crippen LogP contribution in [0, 0.1) is 0 Å². The lowest BCUT2D eigenvalue weighted by molar-refractivity contribution is -0.0239. The Bertz CT molecular complexity index is 190. The Morgan fingerprint density at radius 3 is 2.00 bits per heavy atom. The van der Waals surface area contributed by atoms with E-state index >= 15 is 0 Å². The van der Waals surface area contributed by atoms with E-state index in [9.17, 15) is 0 Å². The summed E-state index contributed by atoms with van der Waals surface area (Å²) >= 11 is 0. The highest BCUT2D eigenvalue weighted by Gasteiger charge is 2.39. The lowest BCUT2D eigenvalue weighted by Gasteiger charge is -2.30. The Morgan fingerprint density at radius 2 is 1.59 bits per heavy atom. The minimum atomic E-state index is -2.48. The zero-order chi connectivity index (χ0) is 13.4. The molecular formula is C11H27NO4Si. The van der Waals surface area contributed by atoms with Crippen LogP contribution in [-0.2, 0) is 18.0 Å². The van der Waals surface area contributed by atoms with Gasteiger partial charge >= 0.3 is 8.80 Å². The van der Waals surface area contributed by atoms with E-state index in [0.717, 1.165) is 18.9 Å². The highest BCUT2D eigenvalue weighted by Crippen LogP contribution is 2.24. The van der Waals surface area contributed by atoms with Crippen molar-refractivity contribution in [2.24, 2.45) is 5.73 Å². The summed E-state index contributed by atoms with van der Waals surface area (Å²) in [6.07, 6.45) is 1.71. The predicted molar refractivity (Wildman–Crippen MR) is 69.9 cm³/mol. The molecule has 0 amide bonds. The number of ether oxygens (including phenoxy) is 1. The van der Waals surface area contributed by atoms with Gasteiger partial charge in [0, 0.05) is 34.0 Å². The molecule has 0 saturated heterocycles. The van der Waals surface area contributed by atoms with Crippen molar-refractivity contribution in [2.75, 3.05) is 34.5 Å². The third-order valence-electron chi connectivity index (χ3n) is 2.81. The summed E-state index contributed by atoms with van der Waals surface area (Å²) < 4.78 is 21.9. The molecular weight excluding hydrogens is 238 g/mol. The van der Waals surface area contributed by atoms with Gasteiger partial charge in [0.1, 0.15) is 0 Å². The first-order valence-corrected chi connectivity index (χ1v) is 7.88. The maximum absolute atomic E-state index is 5.77. The summed E-state index contributed by atoms with van der Waals surface area (Å²) in [5.41, 5.74) is 5.23. The average Bonchev–Trinajstić information content (AvgIpc) is 2.32. The van der Waals surface area contributed by atoms with Crippen molar-refractivity contribution >= 4 is 8.80 Å². The van der Waals surface area contributed by atoms with Gasteiger partial charge in [-0.05, 0) is 33.2 Å². The summed E-state index contributed by atoms with van der Waals surface area (Å²) in [4.78, 5) is 0. The molecule has 0 radical (unpaired) electrons. The van der Waals surface area contributed by atoms with E-state index in [1.807, 2.05) is 0 Å². The molecule has 0 saturated carbocycles. The van der Waals surface area contributed by atoms with Crippen molar-refractivity contribution in [3.05, 3.63) is 0 Å². The molecule has 0 unspecified atom stereocenters. The van der Waals surface area contributed by atoms with Crippen molar-refractivity contribution in [3.8, 4) is 0 Å². The lowest BCUT2D eigenvalue weighted by Crippen LogP contribution is -2.44. The molecule has 0 aromatic carbocycles. The van der Waals surface area contributed by atoms with Crippen molar-refractivity contribution in [3.63, 3.8) is 0 Å². The Balaban J connectivity index is 4.13. The maximum atomic E-state index is 5.77. The van der Waals surface area contributed by atoms with Crippen LogP contribution in [0.2, 0.25) is 6.04 Å². The van der Waals surface area contributed by atoms with Crippen LogP contribution in [-0.4, -0.2) is 48.9 Å². The number of rotatable bonds is 10. The normalized spacial score (nSPS) is 13.1. The summed E-state index contributed by atoms with van der Waals surface area (Å²) in [7, 11) is 2.40. The number of nitrogens with two attached hydrogens (primary N) is 1. The van der Waals surface area contributed by atoms with Crippen LogP contribution in [0.5, 0.6) is 0 Å². The highest BCUT2D eigenvalue weighted by molar-refractivity contribution is 6.60. The third-order valence-corrected chi connectivity index (χ3v) is 5.54. The first-order valence-electron chi connectivity index (χ1n) is 5.95. The van der Waals surface area contributed by atoms with E-state index in [-0.39, 0.29) is 5.60 Å². The molecule has 0 fully saturated rings. The smallest absolute Gasteiger partial charge is 0.377 e. The standard InChI is InChI=1S/C11H27NO4Si/c1-11(2,16-9-6-8-12)7-10-17(13-3,14-4)15-5/h6-10,12H2,1-5H3. The van der Waals surface area contributed by atoms with E-state index in [2.05, 4.69) is 13.8 Å². The number of hydrogen-bond acceptors (Lipinski definition) is 5. The quantitative estimate of drug-likeness (QED) is 0.478.